The van der Waals surface area contributed by atoms with Crippen LogP contribution in [0.4, 0.5) is 0 Å². The molecule has 0 spiro atoms. The number of benzene rings is 2. The number of nitrogens with zero attached hydrogens (tertiary/aromatic N) is 2. The third-order valence-corrected chi connectivity index (χ3v) is 4.74. The maximum Gasteiger partial charge on any atom is 0.227 e. The Balaban J connectivity index is 1.54. The van der Waals surface area contributed by atoms with Gasteiger partial charge in [-0.25, -0.2) is 0 Å². The summed E-state index contributed by atoms with van der Waals surface area (Å²) in [6.07, 6.45) is 1.43. The normalized spacial score (nSPS) is 17.9. The SMILES string of the molecule is C[C@@H](N[C@H]1CCN(C(=O)Cc2ccccc2)C1)c1cccc(C#N)c1. The molecule has 0 saturated carbocycles. The molecule has 1 fully saturated rings. The molecule has 1 heterocycles. The predicted molar refractivity (Wildman–Crippen MR) is 97.8 cm³/mol. The van der Waals surface area contributed by atoms with Gasteiger partial charge in [-0.05, 0) is 36.6 Å². The summed E-state index contributed by atoms with van der Waals surface area (Å²) < 4.78 is 0. The smallest absolute Gasteiger partial charge is 0.227 e. The molecule has 2 aromatic carbocycles. The minimum atomic E-state index is 0.155. The molecule has 1 aliphatic heterocycles. The zero-order chi connectivity index (χ0) is 17.6. The van der Waals surface area contributed by atoms with Gasteiger partial charge in [0.25, 0.3) is 0 Å². The number of carbonyl (C=O) groups is 1. The molecule has 1 amide bonds. The topological polar surface area (TPSA) is 56.1 Å². The van der Waals surface area contributed by atoms with Crippen LogP contribution in [0.5, 0.6) is 0 Å². The maximum absolute atomic E-state index is 12.5. The molecule has 2 atom stereocenters. The van der Waals surface area contributed by atoms with Crippen LogP contribution < -0.4 is 5.32 Å². The zero-order valence-electron chi connectivity index (χ0n) is 14.5. The molecular formula is C21H23N3O. The number of amides is 1. The molecule has 4 nitrogen and oxygen atoms in total. The summed E-state index contributed by atoms with van der Waals surface area (Å²) in [5.74, 6) is 0.189. The number of carbonyl (C=O) groups excluding carboxylic acids is 1. The quantitative estimate of drug-likeness (QED) is 0.915. The van der Waals surface area contributed by atoms with Crippen LogP contribution in [0.25, 0.3) is 0 Å². The van der Waals surface area contributed by atoms with Crippen LogP contribution in [-0.2, 0) is 11.2 Å². The molecule has 1 aliphatic rings. The number of hydrogen-bond donors (Lipinski definition) is 1. The average molecular weight is 333 g/mol. The van der Waals surface area contributed by atoms with E-state index in [1.54, 1.807) is 0 Å². The van der Waals surface area contributed by atoms with Gasteiger partial charge < -0.3 is 10.2 Å². The van der Waals surface area contributed by atoms with E-state index in [4.69, 9.17) is 5.26 Å². The summed E-state index contributed by atoms with van der Waals surface area (Å²) in [5.41, 5.74) is 2.84. The van der Waals surface area contributed by atoms with E-state index in [-0.39, 0.29) is 11.9 Å². The molecule has 1 N–H and O–H groups in total. The summed E-state index contributed by atoms with van der Waals surface area (Å²) in [6.45, 7) is 3.65. The first-order valence-corrected chi connectivity index (χ1v) is 8.73. The van der Waals surface area contributed by atoms with Crippen LogP contribution in [0, 0.1) is 11.3 Å². The molecule has 2 aromatic rings. The molecule has 0 radical (unpaired) electrons. The summed E-state index contributed by atoms with van der Waals surface area (Å²) in [6, 6.07) is 20.2. The van der Waals surface area contributed by atoms with Crippen LogP contribution in [-0.4, -0.2) is 29.9 Å². The molecule has 1 saturated heterocycles. The number of hydrogen-bond acceptors (Lipinski definition) is 3. The van der Waals surface area contributed by atoms with Crippen molar-refractivity contribution in [2.45, 2.75) is 31.8 Å². The van der Waals surface area contributed by atoms with Gasteiger partial charge in [0.15, 0.2) is 0 Å². The highest BCUT2D eigenvalue weighted by atomic mass is 16.2. The van der Waals surface area contributed by atoms with Gasteiger partial charge in [-0.1, -0.05) is 42.5 Å². The largest absolute Gasteiger partial charge is 0.341 e. The minimum Gasteiger partial charge on any atom is -0.341 e. The first kappa shape index (κ1) is 17.2. The molecule has 0 bridgehead atoms. The minimum absolute atomic E-state index is 0.155. The van der Waals surface area contributed by atoms with Gasteiger partial charge in [0, 0.05) is 25.2 Å². The van der Waals surface area contributed by atoms with Crippen LogP contribution in [0.3, 0.4) is 0 Å². The molecule has 25 heavy (non-hydrogen) atoms. The van der Waals surface area contributed by atoms with E-state index in [0.717, 1.165) is 30.6 Å². The molecule has 0 aliphatic carbocycles. The Labute approximate surface area is 149 Å². The predicted octanol–water partition coefficient (Wildman–Crippen LogP) is 3.05. The second kappa shape index (κ2) is 7.96. The molecule has 0 aromatic heterocycles. The third kappa shape index (κ3) is 4.46. The summed E-state index contributed by atoms with van der Waals surface area (Å²) in [4.78, 5) is 14.4. The lowest BCUT2D eigenvalue weighted by Gasteiger charge is -2.21. The number of nitrogens with one attached hydrogen (secondary N) is 1. The number of nitriles is 1. The van der Waals surface area contributed by atoms with Crippen LogP contribution >= 0.6 is 0 Å². The fraction of sp³-hybridized carbons (Fsp3) is 0.333. The second-order valence-electron chi connectivity index (χ2n) is 6.61. The van der Waals surface area contributed by atoms with Crippen molar-refractivity contribution in [1.82, 2.24) is 10.2 Å². The monoisotopic (exact) mass is 333 g/mol. The number of likely N-dealkylation sites (tertiary alicyclic amines) is 1. The van der Waals surface area contributed by atoms with Crippen molar-refractivity contribution in [3.8, 4) is 6.07 Å². The highest BCUT2D eigenvalue weighted by Gasteiger charge is 2.27. The van der Waals surface area contributed by atoms with E-state index >= 15 is 0 Å². The lowest BCUT2D eigenvalue weighted by atomic mass is 10.0. The Morgan fingerprint density at radius 3 is 2.84 bits per heavy atom. The Bertz CT molecular complexity index is 766. The first-order chi connectivity index (χ1) is 12.2. The van der Waals surface area contributed by atoms with Gasteiger partial charge in [0.2, 0.25) is 5.91 Å². The van der Waals surface area contributed by atoms with Gasteiger partial charge in [0.1, 0.15) is 0 Å². The van der Waals surface area contributed by atoms with Crippen LogP contribution in [0.1, 0.15) is 36.1 Å². The Kier molecular flexibility index (Phi) is 5.47. The third-order valence-electron chi connectivity index (χ3n) is 4.74. The lowest BCUT2D eigenvalue weighted by Crippen LogP contribution is -2.36. The highest BCUT2D eigenvalue weighted by Crippen LogP contribution is 2.18. The molecule has 4 heteroatoms. The number of rotatable bonds is 5. The van der Waals surface area contributed by atoms with Gasteiger partial charge in [-0.3, -0.25) is 4.79 Å². The maximum atomic E-state index is 12.5. The fourth-order valence-electron chi connectivity index (χ4n) is 3.33. The van der Waals surface area contributed by atoms with E-state index in [9.17, 15) is 4.79 Å². The van der Waals surface area contributed by atoms with Gasteiger partial charge in [0.05, 0.1) is 18.1 Å². The second-order valence-corrected chi connectivity index (χ2v) is 6.61. The lowest BCUT2D eigenvalue weighted by molar-refractivity contribution is -0.129. The van der Waals surface area contributed by atoms with Crippen molar-refractivity contribution in [3.05, 3.63) is 71.3 Å². The van der Waals surface area contributed by atoms with Crippen molar-refractivity contribution in [1.29, 1.82) is 5.26 Å². The van der Waals surface area contributed by atoms with E-state index in [1.165, 1.54) is 0 Å². The molecule has 128 valence electrons. The van der Waals surface area contributed by atoms with E-state index in [0.29, 0.717) is 18.0 Å². The van der Waals surface area contributed by atoms with Crippen molar-refractivity contribution in [2.75, 3.05) is 13.1 Å². The van der Waals surface area contributed by atoms with E-state index < -0.39 is 0 Å². The molecule has 0 unspecified atom stereocenters. The standard InChI is InChI=1S/C21H23N3O/c1-16(19-9-5-8-18(12-19)14-22)23-20-10-11-24(15-20)21(25)13-17-6-3-2-4-7-17/h2-9,12,16,20,23H,10-11,13,15H2,1H3/t16-,20+/m1/s1. The Hall–Kier alpha value is -2.64. The summed E-state index contributed by atoms with van der Waals surface area (Å²) in [7, 11) is 0. The summed E-state index contributed by atoms with van der Waals surface area (Å²) >= 11 is 0. The molecular weight excluding hydrogens is 310 g/mol. The van der Waals surface area contributed by atoms with Crippen molar-refractivity contribution < 1.29 is 4.79 Å². The van der Waals surface area contributed by atoms with Crippen molar-refractivity contribution in [3.63, 3.8) is 0 Å². The van der Waals surface area contributed by atoms with Gasteiger partial charge >= 0.3 is 0 Å². The highest BCUT2D eigenvalue weighted by molar-refractivity contribution is 5.79. The van der Waals surface area contributed by atoms with Gasteiger partial charge in [-0.15, -0.1) is 0 Å². The summed E-state index contributed by atoms with van der Waals surface area (Å²) in [5, 5.41) is 12.6. The average Bonchev–Trinajstić information content (AvgIpc) is 3.11. The van der Waals surface area contributed by atoms with E-state index in [2.05, 4.69) is 18.3 Å². The van der Waals surface area contributed by atoms with Crippen LogP contribution in [0.2, 0.25) is 0 Å². The van der Waals surface area contributed by atoms with Crippen molar-refractivity contribution >= 4 is 5.91 Å². The van der Waals surface area contributed by atoms with E-state index in [1.807, 2.05) is 59.5 Å². The Morgan fingerprint density at radius 1 is 1.28 bits per heavy atom. The van der Waals surface area contributed by atoms with Crippen molar-refractivity contribution in [2.24, 2.45) is 0 Å². The molecule has 3 rings (SSSR count). The first-order valence-electron chi connectivity index (χ1n) is 8.73. The van der Waals surface area contributed by atoms with Crippen LogP contribution in [0.15, 0.2) is 54.6 Å². The zero-order valence-corrected chi connectivity index (χ0v) is 14.5. The Morgan fingerprint density at radius 2 is 2.08 bits per heavy atom. The fourth-order valence-corrected chi connectivity index (χ4v) is 3.33. The van der Waals surface area contributed by atoms with Gasteiger partial charge in [-0.2, -0.15) is 5.26 Å².